The van der Waals surface area contributed by atoms with Gasteiger partial charge < -0.3 is 20.5 Å². The van der Waals surface area contributed by atoms with Crippen LogP contribution in [0.1, 0.15) is 5.56 Å². The van der Waals surface area contributed by atoms with Crippen LogP contribution in [0.25, 0.3) is 0 Å². The van der Waals surface area contributed by atoms with Crippen LogP contribution < -0.4 is 20.5 Å². The zero-order chi connectivity index (χ0) is 12.1. The van der Waals surface area contributed by atoms with E-state index in [0.717, 1.165) is 11.3 Å². The van der Waals surface area contributed by atoms with Crippen LogP contribution in [0, 0.1) is 6.92 Å². The van der Waals surface area contributed by atoms with Crippen molar-refractivity contribution in [2.45, 2.75) is 6.92 Å². The summed E-state index contributed by atoms with van der Waals surface area (Å²) in [7, 11) is 3.15. The minimum Gasteiger partial charge on any atom is -0.497 e. The third-order valence-electron chi connectivity index (χ3n) is 2.17. The highest BCUT2D eigenvalue weighted by molar-refractivity contribution is 5.80. The number of methoxy groups -OCH3 is 2. The Balaban J connectivity index is 3.01. The number of primary amides is 1. The highest BCUT2D eigenvalue weighted by Gasteiger charge is 2.09. The molecule has 5 nitrogen and oxygen atoms in total. The fourth-order valence-electron chi connectivity index (χ4n) is 1.40. The maximum Gasteiger partial charge on any atom is 0.236 e. The molecule has 1 aromatic carbocycles. The fraction of sp³-hybridized carbons (Fsp3) is 0.364. The first-order valence-electron chi connectivity index (χ1n) is 4.83. The van der Waals surface area contributed by atoms with Crippen molar-refractivity contribution in [3.63, 3.8) is 0 Å². The second kappa shape index (κ2) is 5.25. The van der Waals surface area contributed by atoms with Gasteiger partial charge in [-0.15, -0.1) is 0 Å². The van der Waals surface area contributed by atoms with Crippen LogP contribution in [0.15, 0.2) is 12.1 Å². The number of carbonyl (C=O) groups excluding carboxylic acids is 1. The van der Waals surface area contributed by atoms with Crippen molar-refractivity contribution >= 4 is 11.6 Å². The Bertz CT molecular complexity index is 391. The normalized spacial score (nSPS) is 9.69. The number of hydrogen-bond acceptors (Lipinski definition) is 4. The van der Waals surface area contributed by atoms with Crippen LogP contribution in [0.2, 0.25) is 0 Å². The summed E-state index contributed by atoms with van der Waals surface area (Å²) in [5.74, 6) is 0.911. The van der Waals surface area contributed by atoms with Gasteiger partial charge in [0.25, 0.3) is 0 Å². The van der Waals surface area contributed by atoms with Gasteiger partial charge in [-0.2, -0.15) is 0 Å². The molecule has 1 rings (SSSR count). The number of ether oxygens (including phenoxy) is 2. The lowest BCUT2D eigenvalue weighted by Gasteiger charge is -2.14. The van der Waals surface area contributed by atoms with Gasteiger partial charge in [-0.1, -0.05) is 0 Å². The summed E-state index contributed by atoms with van der Waals surface area (Å²) in [6.07, 6.45) is 0. The molecule has 1 amide bonds. The number of aryl methyl sites for hydroxylation is 1. The first kappa shape index (κ1) is 12.2. The maximum absolute atomic E-state index is 10.7. The summed E-state index contributed by atoms with van der Waals surface area (Å²) in [6, 6.07) is 3.60. The number of nitrogens with one attached hydrogen (secondary N) is 1. The Morgan fingerprint density at radius 2 is 2.06 bits per heavy atom. The number of nitrogens with two attached hydrogens (primary N) is 1. The molecule has 0 heterocycles. The quantitative estimate of drug-likeness (QED) is 0.779. The summed E-state index contributed by atoms with van der Waals surface area (Å²) in [5.41, 5.74) is 6.75. The third-order valence-corrected chi connectivity index (χ3v) is 2.17. The number of benzene rings is 1. The van der Waals surface area contributed by atoms with E-state index in [0.29, 0.717) is 11.5 Å². The van der Waals surface area contributed by atoms with Crippen molar-refractivity contribution < 1.29 is 14.3 Å². The SMILES string of the molecule is COc1cc(C)c(NCC(N)=O)c(OC)c1. The molecule has 16 heavy (non-hydrogen) atoms. The zero-order valence-corrected chi connectivity index (χ0v) is 9.66. The molecule has 0 radical (unpaired) electrons. The van der Waals surface area contributed by atoms with Gasteiger partial charge in [0, 0.05) is 6.07 Å². The average molecular weight is 224 g/mol. The molecule has 88 valence electrons. The zero-order valence-electron chi connectivity index (χ0n) is 9.66. The Hall–Kier alpha value is -1.91. The topological polar surface area (TPSA) is 73.6 Å². The standard InChI is InChI=1S/C11H16N2O3/c1-7-4-8(15-2)5-9(16-3)11(7)13-6-10(12)14/h4-5,13H,6H2,1-3H3,(H2,12,14). The van der Waals surface area contributed by atoms with Crippen molar-refractivity contribution in [2.75, 3.05) is 26.1 Å². The molecule has 0 spiro atoms. The van der Waals surface area contributed by atoms with Crippen molar-refractivity contribution in [2.24, 2.45) is 5.73 Å². The lowest BCUT2D eigenvalue weighted by Crippen LogP contribution is -2.22. The van der Waals surface area contributed by atoms with E-state index in [2.05, 4.69) is 5.32 Å². The first-order valence-corrected chi connectivity index (χ1v) is 4.83. The molecule has 0 saturated carbocycles. The lowest BCUT2D eigenvalue weighted by atomic mass is 10.1. The van der Waals surface area contributed by atoms with Crippen molar-refractivity contribution in [3.05, 3.63) is 17.7 Å². The molecule has 0 atom stereocenters. The van der Waals surface area contributed by atoms with Crippen LogP contribution in [0.4, 0.5) is 5.69 Å². The highest BCUT2D eigenvalue weighted by atomic mass is 16.5. The summed E-state index contributed by atoms with van der Waals surface area (Å²) in [6.45, 7) is 1.97. The van der Waals surface area contributed by atoms with E-state index >= 15 is 0 Å². The molecule has 0 aliphatic carbocycles. The molecule has 0 fully saturated rings. The van der Waals surface area contributed by atoms with Gasteiger partial charge in [0.2, 0.25) is 5.91 Å². The Morgan fingerprint density at radius 3 is 2.56 bits per heavy atom. The van der Waals surface area contributed by atoms with E-state index in [4.69, 9.17) is 15.2 Å². The van der Waals surface area contributed by atoms with Crippen LogP contribution in [-0.2, 0) is 4.79 Å². The molecular weight excluding hydrogens is 208 g/mol. The number of carbonyl (C=O) groups is 1. The number of anilines is 1. The van der Waals surface area contributed by atoms with E-state index in [1.165, 1.54) is 0 Å². The molecule has 5 heteroatoms. The molecule has 0 saturated heterocycles. The molecule has 0 aliphatic rings. The van der Waals surface area contributed by atoms with Crippen LogP contribution in [0.3, 0.4) is 0 Å². The van der Waals surface area contributed by atoms with Crippen LogP contribution in [0.5, 0.6) is 11.5 Å². The number of amides is 1. The van der Waals surface area contributed by atoms with Gasteiger partial charge in [-0.3, -0.25) is 4.79 Å². The average Bonchev–Trinajstić information content (AvgIpc) is 2.26. The van der Waals surface area contributed by atoms with Gasteiger partial charge >= 0.3 is 0 Å². The third kappa shape index (κ3) is 2.79. The van der Waals surface area contributed by atoms with Gasteiger partial charge in [0.15, 0.2) is 0 Å². The van der Waals surface area contributed by atoms with E-state index in [-0.39, 0.29) is 6.54 Å². The number of rotatable bonds is 5. The highest BCUT2D eigenvalue weighted by Crippen LogP contribution is 2.32. The molecule has 0 unspecified atom stereocenters. The summed E-state index contributed by atoms with van der Waals surface area (Å²) in [5, 5.41) is 2.93. The van der Waals surface area contributed by atoms with Gasteiger partial charge in [0.05, 0.1) is 26.5 Å². The smallest absolute Gasteiger partial charge is 0.236 e. The van der Waals surface area contributed by atoms with E-state index in [1.807, 2.05) is 13.0 Å². The van der Waals surface area contributed by atoms with Crippen molar-refractivity contribution in [1.82, 2.24) is 0 Å². The Labute approximate surface area is 94.5 Å². The van der Waals surface area contributed by atoms with E-state index in [9.17, 15) is 4.79 Å². The van der Waals surface area contributed by atoms with Gasteiger partial charge in [0.1, 0.15) is 11.5 Å². The first-order chi connectivity index (χ1) is 7.58. The van der Waals surface area contributed by atoms with Crippen LogP contribution in [-0.4, -0.2) is 26.7 Å². The summed E-state index contributed by atoms with van der Waals surface area (Å²) < 4.78 is 10.3. The molecule has 0 bridgehead atoms. The molecular formula is C11H16N2O3. The minimum atomic E-state index is -0.419. The second-order valence-electron chi connectivity index (χ2n) is 3.34. The van der Waals surface area contributed by atoms with Crippen molar-refractivity contribution in [3.8, 4) is 11.5 Å². The van der Waals surface area contributed by atoms with E-state index < -0.39 is 5.91 Å². The number of hydrogen-bond donors (Lipinski definition) is 2. The molecule has 1 aromatic rings. The summed E-state index contributed by atoms with van der Waals surface area (Å²) in [4.78, 5) is 10.7. The van der Waals surface area contributed by atoms with Crippen LogP contribution >= 0.6 is 0 Å². The van der Waals surface area contributed by atoms with Gasteiger partial charge in [-0.05, 0) is 18.6 Å². The monoisotopic (exact) mass is 224 g/mol. The Morgan fingerprint density at radius 1 is 1.38 bits per heavy atom. The van der Waals surface area contributed by atoms with E-state index in [1.54, 1.807) is 20.3 Å². The second-order valence-corrected chi connectivity index (χ2v) is 3.34. The molecule has 0 aromatic heterocycles. The molecule has 3 N–H and O–H groups in total. The van der Waals surface area contributed by atoms with Crippen molar-refractivity contribution in [1.29, 1.82) is 0 Å². The summed E-state index contributed by atoms with van der Waals surface area (Å²) >= 11 is 0. The predicted molar refractivity (Wildman–Crippen MR) is 62.0 cm³/mol. The minimum absolute atomic E-state index is 0.0729. The van der Waals surface area contributed by atoms with Gasteiger partial charge in [-0.25, -0.2) is 0 Å². The predicted octanol–water partition coefficient (Wildman–Crippen LogP) is 0.909. The molecule has 0 aliphatic heterocycles. The fourth-order valence-corrected chi connectivity index (χ4v) is 1.40. The largest absolute Gasteiger partial charge is 0.497 e. The maximum atomic E-state index is 10.7. The lowest BCUT2D eigenvalue weighted by molar-refractivity contribution is -0.116. The Kier molecular flexibility index (Phi) is 3.99.